The summed E-state index contributed by atoms with van der Waals surface area (Å²) in [5.41, 5.74) is 2.46. The molecule has 0 aromatic heterocycles. The predicted molar refractivity (Wildman–Crippen MR) is 139 cm³/mol. The number of hydrogen-bond donors (Lipinski definition) is 3. The van der Waals surface area contributed by atoms with E-state index in [1.54, 1.807) is 30.3 Å². The summed E-state index contributed by atoms with van der Waals surface area (Å²) in [6.45, 7) is 2.14. The van der Waals surface area contributed by atoms with Crippen LogP contribution in [0.15, 0.2) is 66.7 Å². The van der Waals surface area contributed by atoms with Gasteiger partial charge in [0.05, 0.1) is 22.5 Å². The lowest BCUT2D eigenvalue weighted by molar-refractivity contribution is -0.142. The van der Waals surface area contributed by atoms with E-state index in [2.05, 4.69) is 10.6 Å². The van der Waals surface area contributed by atoms with Crippen molar-refractivity contribution >= 4 is 35.0 Å². The number of nitrogens with one attached hydrogen (secondary N) is 2. The van der Waals surface area contributed by atoms with Crippen molar-refractivity contribution in [3.05, 3.63) is 94.0 Å². The number of amides is 3. The first kappa shape index (κ1) is 23.7. The maximum atomic E-state index is 14.0. The van der Waals surface area contributed by atoms with Gasteiger partial charge in [0.2, 0.25) is 17.7 Å². The van der Waals surface area contributed by atoms with Crippen LogP contribution in [0.4, 0.5) is 5.69 Å². The fraction of sp³-hybridized carbons (Fsp3) is 0.276. The van der Waals surface area contributed by atoms with E-state index in [9.17, 15) is 19.5 Å². The molecule has 2 fully saturated rings. The first-order valence-electron chi connectivity index (χ1n) is 12.4. The molecule has 8 heteroatoms. The van der Waals surface area contributed by atoms with Crippen molar-refractivity contribution in [1.29, 1.82) is 0 Å². The number of phenols is 1. The number of aryl methyl sites for hydroxylation is 1. The molecule has 6 rings (SSSR count). The zero-order chi connectivity index (χ0) is 25.9. The second kappa shape index (κ2) is 8.71. The lowest BCUT2D eigenvalue weighted by Crippen LogP contribution is -2.53. The van der Waals surface area contributed by atoms with Gasteiger partial charge in [0.25, 0.3) is 0 Å². The summed E-state index contributed by atoms with van der Waals surface area (Å²) in [7, 11) is 0. The second-order valence-electron chi connectivity index (χ2n) is 10.1. The van der Waals surface area contributed by atoms with E-state index >= 15 is 0 Å². The normalized spacial score (nSPS) is 26.1. The van der Waals surface area contributed by atoms with Gasteiger partial charge in [-0.05, 0) is 54.7 Å². The minimum Gasteiger partial charge on any atom is -0.508 e. The highest BCUT2D eigenvalue weighted by Gasteiger charge is 2.70. The molecule has 0 radical (unpaired) electrons. The molecule has 0 bridgehead atoms. The van der Waals surface area contributed by atoms with Crippen LogP contribution in [-0.2, 0) is 32.8 Å². The highest BCUT2D eigenvalue weighted by Crippen LogP contribution is 2.54. The molecule has 3 aromatic carbocycles. The van der Waals surface area contributed by atoms with E-state index in [-0.39, 0.29) is 30.0 Å². The minimum absolute atomic E-state index is 0.144. The van der Waals surface area contributed by atoms with Crippen molar-refractivity contribution < 1.29 is 19.5 Å². The van der Waals surface area contributed by atoms with Crippen molar-refractivity contribution in [3.63, 3.8) is 0 Å². The van der Waals surface area contributed by atoms with Crippen LogP contribution in [0.5, 0.6) is 5.75 Å². The average molecular weight is 516 g/mol. The quantitative estimate of drug-likeness (QED) is 0.451. The number of anilines is 1. The Bertz CT molecular complexity index is 1430. The van der Waals surface area contributed by atoms with E-state index in [4.69, 9.17) is 11.6 Å². The molecule has 3 amide bonds. The Balaban J connectivity index is 1.42. The van der Waals surface area contributed by atoms with Gasteiger partial charge in [-0.1, -0.05) is 60.1 Å². The highest BCUT2D eigenvalue weighted by atomic mass is 35.5. The van der Waals surface area contributed by atoms with Crippen LogP contribution in [-0.4, -0.2) is 40.3 Å². The van der Waals surface area contributed by atoms with Crippen LogP contribution in [0.1, 0.15) is 22.3 Å². The van der Waals surface area contributed by atoms with Crippen LogP contribution in [0.2, 0.25) is 5.02 Å². The zero-order valence-corrected chi connectivity index (χ0v) is 21.0. The fourth-order valence-corrected chi connectivity index (χ4v) is 6.54. The standard InChI is InChI=1S/C29H26ClN3O4/c1-16-13-20-25(21(30)14-16)31-28(37)29(20)24-23(22(32-29)15-18-7-9-19(34)10-8-18)26(35)33(27(24)36)12-11-17-5-3-2-4-6-17/h2-10,13-14,22-24,32,34H,11-12,15H2,1H3,(H,31,37)/t22-,23-,24-,29+/m1/s1. The molecule has 4 atom stereocenters. The molecule has 0 aliphatic carbocycles. The van der Waals surface area contributed by atoms with E-state index < -0.39 is 23.4 Å². The van der Waals surface area contributed by atoms with Crippen LogP contribution in [0, 0.1) is 18.8 Å². The Morgan fingerprint density at radius 2 is 1.70 bits per heavy atom. The molecule has 3 aromatic rings. The number of rotatable bonds is 5. The molecule has 3 heterocycles. The number of fused-ring (bicyclic) bond motifs is 4. The third-order valence-corrected chi connectivity index (χ3v) is 8.17. The zero-order valence-electron chi connectivity index (χ0n) is 20.2. The molecule has 7 nitrogen and oxygen atoms in total. The van der Waals surface area contributed by atoms with Gasteiger partial charge in [-0.25, -0.2) is 0 Å². The molecule has 2 saturated heterocycles. The first-order valence-corrected chi connectivity index (χ1v) is 12.7. The molecular formula is C29H26ClN3O4. The summed E-state index contributed by atoms with van der Waals surface area (Å²) < 4.78 is 0. The van der Waals surface area contributed by atoms with Crippen molar-refractivity contribution in [2.24, 2.45) is 11.8 Å². The van der Waals surface area contributed by atoms with Crippen molar-refractivity contribution in [2.75, 3.05) is 11.9 Å². The number of benzene rings is 3. The van der Waals surface area contributed by atoms with Crippen molar-refractivity contribution in [1.82, 2.24) is 10.2 Å². The summed E-state index contributed by atoms with van der Waals surface area (Å²) in [4.78, 5) is 42.8. The SMILES string of the molecule is Cc1cc(Cl)c2c(c1)[C@@]1(N[C@H](Cc3ccc(O)cc3)[C@H]3C(=O)N(CCc4ccccc4)C(=O)[C@@H]31)C(=O)N2. The van der Waals surface area contributed by atoms with E-state index in [0.717, 1.165) is 16.7 Å². The number of nitrogens with zero attached hydrogens (tertiary/aromatic N) is 1. The van der Waals surface area contributed by atoms with Gasteiger partial charge < -0.3 is 10.4 Å². The lowest BCUT2D eigenvalue weighted by Gasteiger charge is -2.30. The Morgan fingerprint density at radius 1 is 0.973 bits per heavy atom. The third kappa shape index (κ3) is 3.64. The number of imide groups is 1. The smallest absolute Gasteiger partial charge is 0.250 e. The monoisotopic (exact) mass is 515 g/mol. The summed E-state index contributed by atoms with van der Waals surface area (Å²) in [5.74, 6) is -2.44. The predicted octanol–water partition coefficient (Wildman–Crippen LogP) is 3.56. The Kier molecular flexibility index (Phi) is 5.58. The molecule has 1 spiro atoms. The van der Waals surface area contributed by atoms with Crippen LogP contribution >= 0.6 is 11.6 Å². The average Bonchev–Trinajstić information content (AvgIpc) is 3.45. The first-order chi connectivity index (χ1) is 17.8. The van der Waals surface area contributed by atoms with Crippen LogP contribution < -0.4 is 10.6 Å². The summed E-state index contributed by atoms with van der Waals surface area (Å²) in [6, 6.07) is 19.6. The van der Waals surface area contributed by atoms with E-state index in [1.807, 2.05) is 43.3 Å². The highest BCUT2D eigenvalue weighted by molar-refractivity contribution is 6.35. The van der Waals surface area contributed by atoms with Crippen molar-refractivity contribution in [2.45, 2.75) is 31.3 Å². The number of phenolic OH excluding ortho intramolecular Hbond substituents is 1. The van der Waals surface area contributed by atoms with E-state index in [1.165, 1.54) is 4.90 Å². The van der Waals surface area contributed by atoms with Crippen LogP contribution in [0.25, 0.3) is 0 Å². The largest absolute Gasteiger partial charge is 0.508 e. The van der Waals surface area contributed by atoms with Gasteiger partial charge in [-0.15, -0.1) is 0 Å². The number of aromatic hydroxyl groups is 1. The third-order valence-electron chi connectivity index (χ3n) is 7.87. The Morgan fingerprint density at radius 3 is 2.43 bits per heavy atom. The van der Waals surface area contributed by atoms with Gasteiger partial charge in [0, 0.05) is 18.2 Å². The van der Waals surface area contributed by atoms with Gasteiger partial charge in [-0.2, -0.15) is 0 Å². The molecule has 0 unspecified atom stereocenters. The number of carbonyl (C=O) groups excluding carboxylic acids is 3. The number of hydrogen-bond acceptors (Lipinski definition) is 5. The molecule has 3 aliphatic heterocycles. The molecule has 188 valence electrons. The minimum atomic E-state index is -1.40. The maximum absolute atomic E-state index is 14.0. The molecule has 37 heavy (non-hydrogen) atoms. The van der Waals surface area contributed by atoms with E-state index in [0.29, 0.717) is 29.1 Å². The van der Waals surface area contributed by atoms with Crippen molar-refractivity contribution in [3.8, 4) is 5.75 Å². The molecule has 0 saturated carbocycles. The Labute approximate surface area is 219 Å². The van der Waals surface area contributed by atoms with Gasteiger partial charge in [-0.3, -0.25) is 24.6 Å². The maximum Gasteiger partial charge on any atom is 0.250 e. The lowest BCUT2D eigenvalue weighted by atomic mass is 9.76. The molecular weight excluding hydrogens is 490 g/mol. The topological polar surface area (TPSA) is 98.7 Å². The number of halogens is 1. The fourth-order valence-electron chi connectivity index (χ4n) is 6.22. The summed E-state index contributed by atoms with van der Waals surface area (Å²) in [5, 5.41) is 16.4. The van der Waals surface area contributed by atoms with Crippen LogP contribution in [0.3, 0.4) is 0 Å². The molecule has 3 N–H and O–H groups in total. The second-order valence-corrected chi connectivity index (χ2v) is 10.5. The van der Waals surface area contributed by atoms with Gasteiger partial charge >= 0.3 is 0 Å². The summed E-state index contributed by atoms with van der Waals surface area (Å²) >= 11 is 6.51. The van der Waals surface area contributed by atoms with Gasteiger partial charge in [0.1, 0.15) is 11.3 Å². The number of likely N-dealkylation sites (tertiary alicyclic amines) is 1. The summed E-state index contributed by atoms with van der Waals surface area (Å²) in [6.07, 6.45) is 0.950. The van der Waals surface area contributed by atoms with Gasteiger partial charge in [0.15, 0.2) is 0 Å². The Hall–Kier alpha value is -3.68. The molecule has 3 aliphatic rings. The number of carbonyl (C=O) groups is 3.